The molecular weight excluding hydrogens is 230 g/mol. The average Bonchev–Trinajstić information content (AvgIpc) is 2.65. The predicted octanol–water partition coefficient (Wildman–Crippen LogP) is 0.232. The lowest BCUT2D eigenvalue weighted by Gasteiger charge is -2.20. The predicted molar refractivity (Wildman–Crippen MR) is 57.4 cm³/mol. The number of nitrogens with zero attached hydrogens (tertiary/aromatic N) is 2. The van der Waals surface area contributed by atoms with Gasteiger partial charge in [0.05, 0.1) is 18.6 Å². The molecule has 0 fully saturated rings. The lowest BCUT2D eigenvalue weighted by molar-refractivity contribution is -0.389. The Balaban J connectivity index is 2.53. The van der Waals surface area contributed by atoms with Crippen LogP contribution < -0.4 is 0 Å². The number of rotatable bonds is 7. The standard InChI is InChI=1S/C9H15N3O5/c1-9(13,5-17-6-16-2)3-7-10-4-8(11-7)12(14)15/h4,13H,3,5-6H2,1-2H3,(H,10,11). The fourth-order valence-electron chi connectivity index (χ4n) is 1.29. The van der Waals surface area contributed by atoms with Crippen molar-refractivity contribution in [2.24, 2.45) is 0 Å². The van der Waals surface area contributed by atoms with E-state index in [0.717, 1.165) is 6.20 Å². The van der Waals surface area contributed by atoms with Crippen LogP contribution >= 0.6 is 0 Å². The molecule has 1 aromatic rings. The molecular formula is C9H15N3O5. The highest BCUT2D eigenvalue weighted by atomic mass is 16.7. The van der Waals surface area contributed by atoms with Gasteiger partial charge in [-0.1, -0.05) is 0 Å². The third kappa shape index (κ3) is 4.47. The van der Waals surface area contributed by atoms with Gasteiger partial charge in [-0.3, -0.25) is 0 Å². The fraction of sp³-hybridized carbons (Fsp3) is 0.667. The minimum atomic E-state index is -1.16. The van der Waals surface area contributed by atoms with Gasteiger partial charge in [0.15, 0.2) is 5.82 Å². The number of aliphatic hydroxyl groups is 1. The van der Waals surface area contributed by atoms with Gasteiger partial charge in [-0.15, -0.1) is 0 Å². The number of hydrogen-bond acceptors (Lipinski definition) is 6. The number of aromatic amines is 1. The molecule has 1 unspecified atom stereocenters. The molecule has 0 saturated carbocycles. The monoisotopic (exact) mass is 245 g/mol. The zero-order valence-corrected chi connectivity index (χ0v) is 9.67. The lowest BCUT2D eigenvalue weighted by atomic mass is 10.0. The third-order valence-corrected chi connectivity index (χ3v) is 1.97. The molecule has 17 heavy (non-hydrogen) atoms. The van der Waals surface area contributed by atoms with Gasteiger partial charge in [0.2, 0.25) is 0 Å². The van der Waals surface area contributed by atoms with Gasteiger partial charge < -0.3 is 24.7 Å². The summed E-state index contributed by atoms with van der Waals surface area (Å²) in [5.74, 6) is 0.135. The number of imidazole rings is 1. The molecule has 1 rings (SSSR count). The number of hydrogen-bond donors (Lipinski definition) is 2. The van der Waals surface area contributed by atoms with Gasteiger partial charge in [0, 0.05) is 7.11 Å². The smallest absolute Gasteiger partial charge is 0.340 e. The van der Waals surface area contributed by atoms with Gasteiger partial charge in [0.25, 0.3) is 0 Å². The van der Waals surface area contributed by atoms with E-state index in [1.807, 2.05) is 0 Å². The molecule has 0 spiro atoms. The first kappa shape index (κ1) is 13.6. The van der Waals surface area contributed by atoms with E-state index in [9.17, 15) is 15.2 Å². The molecule has 0 radical (unpaired) electrons. The summed E-state index contributed by atoms with van der Waals surface area (Å²) in [5, 5.41) is 20.4. The van der Waals surface area contributed by atoms with E-state index in [4.69, 9.17) is 4.74 Å². The minimum absolute atomic E-state index is 0.0509. The van der Waals surface area contributed by atoms with E-state index < -0.39 is 10.5 Å². The molecule has 2 N–H and O–H groups in total. The summed E-state index contributed by atoms with van der Waals surface area (Å²) in [7, 11) is 1.48. The van der Waals surface area contributed by atoms with Crippen molar-refractivity contribution < 1.29 is 19.5 Å². The summed E-state index contributed by atoms with van der Waals surface area (Å²) in [5.41, 5.74) is -1.16. The van der Waals surface area contributed by atoms with Gasteiger partial charge in [-0.05, 0) is 11.8 Å². The number of H-pyrrole nitrogens is 1. The van der Waals surface area contributed by atoms with Crippen molar-refractivity contribution in [3.63, 3.8) is 0 Å². The fourth-order valence-corrected chi connectivity index (χ4v) is 1.29. The van der Waals surface area contributed by atoms with Crippen LogP contribution in [0.1, 0.15) is 12.7 Å². The summed E-state index contributed by atoms with van der Waals surface area (Å²) in [6.45, 7) is 1.68. The maximum absolute atomic E-state index is 10.4. The Morgan fingerprint density at radius 2 is 2.41 bits per heavy atom. The molecule has 1 heterocycles. The molecule has 0 amide bonds. The highest BCUT2D eigenvalue weighted by Crippen LogP contribution is 2.14. The number of nitrogens with one attached hydrogen (secondary N) is 1. The summed E-state index contributed by atoms with van der Waals surface area (Å²) >= 11 is 0. The number of ether oxygens (including phenoxy) is 2. The summed E-state index contributed by atoms with van der Waals surface area (Å²) < 4.78 is 9.70. The van der Waals surface area contributed by atoms with Crippen molar-refractivity contribution in [2.75, 3.05) is 20.5 Å². The van der Waals surface area contributed by atoms with E-state index in [1.165, 1.54) is 7.11 Å². The van der Waals surface area contributed by atoms with Crippen LogP contribution in [-0.2, 0) is 15.9 Å². The molecule has 0 aromatic carbocycles. The van der Waals surface area contributed by atoms with Crippen molar-refractivity contribution in [2.45, 2.75) is 18.9 Å². The maximum Gasteiger partial charge on any atom is 0.340 e. The highest BCUT2D eigenvalue weighted by molar-refractivity contribution is 5.15. The first-order valence-corrected chi connectivity index (χ1v) is 4.92. The Bertz CT molecular complexity index is 376. The molecule has 8 heteroatoms. The largest absolute Gasteiger partial charge is 0.387 e. The van der Waals surface area contributed by atoms with Crippen LogP contribution in [0.15, 0.2) is 6.20 Å². The molecule has 0 aliphatic heterocycles. The Hall–Kier alpha value is -1.51. The Morgan fingerprint density at radius 3 is 2.94 bits per heavy atom. The molecule has 1 atom stereocenters. The second kappa shape index (κ2) is 5.71. The Labute approximate surface area is 97.7 Å². The molecule has 1 aromatic heterocycles. The van der Waals surface area contributed by atoms with Crippen LogP contribution in [0.5, 0.6) is 0 Å². The van der Waals surface area contributed by atoms with E-state index in [-0.39, 0.29) is 25.6 Å². The zero-order valence-electron chi connectivity index (χ0n) is 9.67. The third-order valence-electron chi connectivity index (χ3n) is 1.97. The first-order chi connectivity index (χ1) is 7.94. The van der Waals surface area contributed by atoms with Crippen LogP contribution in [0, 0.1) is 10.1 Å². The first-order valence-electron chi connectivity index (χ1n) is 4.92. The SMILES string of the molecule is COCOCC(C)(O)Cc1ncc([N+](=O)[O-])[nH]1. The summed E-state index contributed by atoms with van der Waals surface area (Å²) in [6.07, 6.45) is 1.24. The van der Waals surface area contributed by atoms with Crippen molar-refractivity contribution in [1.82, 2.24) is 9.97 Å². The molecule has 0 bridgehead atoms. The Morgan fingerprint density at radius 1 is 1.71 bits per heavy atom. The molecule has 0 saturated heterocycles. The average molecular weight is 245 g/mol. The van der Waals surface area contributed by atoms with Gasteiger partial charge >= 0.3 is 5.82 Å². The van der Waals surface area contributed by atoms with Crippen molar-refractivity contribution >= 4 is 5.82 Å². The number of nitro groups is 1. The van der Waals surface area contributed by atoms with Crippen LogP contribution in [0.3, 0.4) is 0 Å². The lowest BCUT2D eigenvalue weighted by Crippen LogP contribution is -2.34. The molecule has 0 aliphatic rings. The summed E-state index contributed by atoms with van der Waals surface area (Å²) in [6, 6.07) is 0. The normalized spacial score (nSPS) is 14.5. The van der Waals surface area contributed by atoms with Crippen molar-refractivity contribution in [3.05, 3.63) is 22.1 Å². The van der Waals surface area contributed by atoms with Crippen LogP contribution in [-0.4, -0.2) is 46.1 Å². The topological polar surface area (TPSA) is 111 Å². The van der Waals surface area contributed by atoms with Crippen LogP contribution in [0.25, 0.3) is 0 Å². The van der Waals surface area contributed by atoms with Gasteiger partial charge in [-0.25, -0.2) is 9.97 Å². The second-order valence-electron chi connectivity index (χ2n) is 3.90. The molecule has 0 aliphatic carbocycles. The van der Waals surface area contributed by atoms with Crippen LogP contribution in [0.2, 0.25) is 0 Å². The quantitative estimate of drug-likeness (QED) is 0.308. The van der Waals surface area contributed by atoms with E-state index in [1.54, 1.807) is 6.92 Å². The molecule has 96 valence electrons. The van der Waals surface area contributed by atoms with E-state index in [2.05, 4.69) is 14.7 Å². The number of methoxy groups -OCH3 is 1. The van der Waals surface area contributed by atoms with Crippen LogP contribution in [0.4, 0.5) is 5.82 Å². The Kier molecular flexibility index (Phi) is 4.55. The van der Waals surface area contributed by atoms with Crippen molar-refractivity contribution in [3.8, 4) is 0 Å². The number of aromatic nitrogens is 2. The van der Waals surface area contributed by atoms with Gasteiger partial charge in [0.1, 0.15) is 13.0 Å². The minimum Gasteiger partial charge on any atom is -0.387 e. The van der Waals surface area contributed by atoms with Crippen molar-refractivity contribution in [1.29, 1.82) is 0 Å². The van der Waals surface area contributed by atoms with E-state index in [0.29, 0.717) is 5.82 Å². The highest BCUT2D eigenvalue weighted by Gasteiger charge is 2.25. The van der Waals surface area contributed by atoms with E-state index >= 15 is 0 Å². The maximum atomic E-state index is 10.4. The summed E-state index contributed by atoms with van der Waals surface area (Å²) in [4.78, 5) is 16.2. The molecule has 8 nitrogen and oxygen atoms in total. The van der Waals surface area contributed by atoms with Gasteiger partial charge in [-0.2, -0.15) is 0 Å². The zero-order chi connectivity index (χ0) is 12.9. The second-order valence-corrected chi connectivity index (χ2v) is 3.90.